The molecule has 0 radical (unpaired) electrons. The van der Waals surface area contributed by atoms with Crippen LogP contribution < -0.4 is 15.1 Å². The first-order valence-electron chi connectivity index (χ1n) is 9.73. The molecular formula is C23H30N2O2. The molecule has 2 aromatic rings. The van der Waals surface area contributed by atoms with E-state index in [2.05, 4.69) is 60.9 Å². The molecule has 3 rings (SSSR count). The molecule has 0 N–H and O–H groups in total. The van der Waals surface area contributed by atoms with Gasteiger partial charge in [0.25, 0.3) is 0 Å². The molecule has 0 amide bonds. The summed E-state index contributed by atoms with van der Waals surface area (Å²) in [6.07, 6.45) is 0. The van der Waals surface area contributed by atoms with Gasteiger partial charge in [0, 0.05) is 44.0 Å². The van der Waals surface area contributed by atoms with Gasteiger partial charge < -0.3 is 9.64 Å². The summed E-state index contributed by atoms with van der Waals surface area (Å²) < 4.78 is 5.37. The molecule has 2 aromatic carbocycles. The third kappa shape index (κ3) is 4.69. The lowest BCUT2D eigenvalue weighted by atomic mass is 10.1. The van der Waals surface area contributed by atoms with Crippen molar-refractivity contribution in [2.24, 2.45) is 0 Å². The highest BCUT2D eigenvalue weighted by molar-refractivity contribution is 5.48. The van der Waals surface area contributed by atoms with Gasteiger partial charge in [-0.3, -0.25) is 9.69 Å². The number of aryl methyl sites for hydroxylation is 1. The smallest absolute Gasteiger partial charge is 0.224 e. The van der Waals surface area contributed by atoms with Crippen molar-refractivity contribution in [2.45, 2.75) is 33.2 Å². The molecule has 0 bridgehead atoms. The Bertz CT molecular complexity index is 823. The summed E-state index contributed by atoms with van der Waals surface area (Å²) in [5.74, 6) is 0.800. The lowest BCUT2D eigenvalue weighted by molar-refractivity contribution is 0.249. The lowest BCUT2D eigenvalue weighted by Gasteiger charge is -2.36. The Morgan fingerprint density at radius 2 is 1.67 bits per heavy atom. The predicted molar refractivity (Wildman–Crippen MR) is 112 cm³/mol. The summed E-state index contributed by atoms with van der Waals surface area (Å²) in [5.41, 5.74) is 4.50. The molecule has 0 spiro atoms. The van der Waals surface area contributed by atoms with Crippen molar-refractivity contribution in [1.82, 2.24) is 4.90 Å². The fourth-order valence-corrected chi connectivity index (χ4v) is 3.49. The molecule has 1 saturated heterocycles. The lowest BCUT2D eigenvalue weighted by Crippen LogP contribution is -2.46. The fourth-order valence-electron chi connectivity index (χ4n) is 3.49. The van der Waals surface area contributed by atoms with E-state index in [1.54, 1.807) is 7.11 Å². The van der Waals surface area contributed by atoms with E-state index in [9.17, 15) is 4.79 Å². The highest BCUT2D eigenvalue weighted by Gasteiger charge is 2.19. The molecule has 0 aliphatic carbocycles. The summed E-state index contributed by atoms with van der Waals surface area (Å²) in [7, 11) is 1.57. The van der Waals surface area contributed by atoms with Crippen molar-refractivity contribution >= 4 is 5.69 Å². The number of anilines is 1. The topological polar surface area (TPSA) is 32.8 Å². The minimum atomic E-state index is 0.00497. The Labute approximate surface area is 162 Å². The van der Waals surface area contributed by atoms with Crippen molar-refractivity contribution < 1.29 is 4.74 Å². The van der Waals surface area contributed by atoms with Gasteiger partial charge in [-0.05, 0) is 36.6 Å². The predicted octanol–water partition coefficient (Wildman–Crippen LogP) is 3.81. The Balaban J connectivity index is 1.71. The van der Waals surface area contributed by atoms with Gasteiger partial charge in [-0.15, -0.1) is 0 Å². The van der Waals surface area contributed by atoms with Crippen LogP contribution in [-0.4, -0.2) is 38.2 Å². The van der Waals surface area contributed by atoms with E-state index in [0.29, 0.717) is 18.2 Å². The van der Waals surface area contributed by atoms with Crippen molar-refractivity contribution in [3.63, 3.8) is 0 Å². The van der Waals surface area contributed by atoms with E-state index in [-0.39, 0.29) is 5.43 Å². The van der Waals surface area contributed by atoms with Crippen LogP contribution in [0.15, 0.2) is 47.3 Å². The maximum absolute atomic E-state index is 12.8. The second-order valence-corrected chi connectivity index (χ2v) is 7.65. The standard InChI is InChI=1S/C23H30N2O2/c1-17(2)19-7-8-20(23(26)22(15-19)27-4)16-24-11-13-25(14-12-24)21-9-5-18(3)6-10-21/h5-10,15,17H,11-14,16H2,1-4H3. The highest BCUT2D eigenvalue weighted by Crippen LogP contribution is 2.20. The second kappa shape index (κ2) is 8.57. The summed E-state index contributed by atoms with van der Waals surface area (Å²) in [4.78, 5) is 17.6. The van der Waals surface area contributed by atoms with E-state index in [4.69, 9.17) is 4.74 Å². The minimum absolute atomic E-state index is 0.00497. The average Bonchev–Trinajstić information content (AvgIpc) is 2.82. The maximum Gasteiger partial charge on any atom is 0.224 e. The van der Waals surface area contributed by atoms with E-state index < -0.39 is 0 Å². The van der Waals surface area contributed by atoms with Gasteiger partial charge >= 0.3 is 0 Å². The number of piperazine rings is 1. The quantitative estimate of drug-likeness (QED) is 0.806. The maximum atomic E-state index is 12.8. The van der Waals surface area contributed by atoms with E-state index in [0.717, 1.165) is 37.3 Å². The van der Waals surface area contributed by atoms with Crippen molar-refractivity contribution in [2.75, 3.05) is 38.2 Å². The number of benzene rings is 1. The third-order valence-electron chi connectivity index (χ3n) is 5.34. The molecule has 1 aliphatic rings. The summed E-state index contributed by atoms with van der Waals surface area (Å²) in [5, 5.41) is 0. The Kier molecular flexibility index (Phi) is 6.17. The van der Waals surface area contributed by atoms with Crippen molar-refractivity contribution in [3.8, 4) is 5.75 Å². The molecule has 0 atom stereocenters. The van der Waals surface area contributed by atoms with Crippen LogP contribution in [0.2, 0.25) is 0 Å². The fraction of sp³-hybridized carbons (Fsp3) is 0.435. The van der Waals surface area contributed by atoms with Crippen LogP contribution in [-0.2, 0) is 6.54 Å². The number of nitrogens with zero attached hydrogens (tertiary/aromatic N) is 2. The number of hydrogen-bond donors (Lipinski definition) is 0. The summed E-state index contributed by atoms with van der Waals surface area (Å²) in [6, 6.07) is 14.6. The van der Waals surface area contributed by atoms with Crippen LogP contribution in [0.5, 0.6) is 5.75 Å². The SMILES string of the molecule is COc1cc(C(C)C)ccc(CN2CCN(c3ccc(C)cc3)CC2)c1=O. The van der Waals surface area contributed by atoms with E-state index >= 15 is 0 Å². The zero-order valence-corrected chi connectivity index (χ0v) is 16.9. The Hall–Kier alpha value is -2.33. The van der Waals surface area contributed by atoms with E-state index in [1.165, 1.54) is 11.3 Å². The molecule has 0 saturated carbocycles. The van der Waals surface area contributed by atoms with Gasteiger partial charge in [0.15, 0.2) is 5.75 Å². The Morgan fingerprint density at radius 3 is 2.26 bits per heavy atom. The molecule has 0 unspecified atom stereocenters. The first-order valence-corrected chi connectivity index (χ1v) is 9.73. The van der Waals surface area contributed by atoms with Gasteiger partial charge in [0.2, 0.25) is 5.43 Å². The van der Waals surface area contributed by atoms with Crippen LogP contribution in [0.4, 0.5) is 5.69 Å². The number of rotatable bonds is 5. The van der Waals surface area contributed by atoms with Gasteiger partial charge in [0.05, 0.1) is 7.11 Å². The number of ether oxygens (including phenoxy) is 1. The first-order chi connectivity index (χ1) is 13.0. The number of hydrogen-bond acceptors (Lipinski definition) is 4. The van der Waals surface area contributed by atoms with Crippen molar-refractivity contribution in [3.05, 3.63) is 69.4 Å². The summed E-state index contributed by atoms with van der Waals surface area (Å²) >= 11 is 0. The van der Waals surface area contributed by atoms with Crippen LogP contribution in [0.1, 0.15) is 36.5 Å². The molecule has 1 aliphatic heterocycles. The molecule has 27 heavy (non-hydrogen) atoms. The molecule has 1 heterocycles. The monoisotopic (exact) mass is 366 g/mol. The van der Waals surface area contributed by atoms with Crippen LogP contribution in [0.3, 0.4) is 0 Å². The van der Waals surface area contributed by atoms with Gasteiger partial charge in [-0.2, -0.15) is 0 Å². The van der Waals surface area contributed by atoms with E-state index in [1.807, 2.05) is 12.1 Å². The second-order valence-electron chi connectivity index (χ2n) is 7.65. The van der Waals surface area contributed by atoms with Gasteiger partial charge in [0.1, 0.15) is 0 Å². The molecular weight excluding hydrogens is 336 g/mol. The summed E-state index contributed by atoms with van der Waals surface area (Å²) in [6.45, 7) is 10.9. The zero-order valence-electron chi connectivity index (χ0n) is 16.9. The highest BCUT2D eigenvalue weighted by atomic mass is 16.5. The van der Waals surface area contributed by atoms with Crippen LogP contribution >= 0.6 is 0 Å². The molecule has 4 heteroatoms. The van der Waals surface area contributed by atoms with Gasteiger partial charge in [-0.1, -0.05) is 43.7 Å². The van der Waals surface area contributed by atoms with Crippen molar-refractivity contribution in [1.29, 1.82) is 0 Å². The molecule has 4 nitrogen and oxygen atoms in total. The zero-order chi connectivity index (χ0) is 19.4. The molecule has 144 valence electrons. The largest absolute Gasteiger partial charge is 0.493 e. The van der Waals surface area contributed by atoms with Gasteiger partial charge in [-0.25, -0.2) is 0 Å². The third-order valence-corrected chi connectivity index (χ3v) is 5.34. The van der Waals surface area contributed by atoms with Crippen LogP contribution in [0.25, 0.3) is 0 Å². The number of methoxy groups -OCH3 is 1. The normalized spacial score (nSPS) is 15.2. The Morgan fingerprint density at radius 1 is 1.00 bits per heavy atom. The minimum Gasteiger partial charge on any atom is -0.493 e. The molecule has 1 fully saturated rings. The first kappa shape index (κ1) is 19.4. The molecule has 0 aromatic heterocycles. The van der Waals surface area contributed by atoms with Crippen LogP contribution in [0, 0.1) is 6.92 Å². The average molecular weight is 367 g/mol.